The van der Waals surface area contributed by atoms with Gasteiger partial charge in [0, 0.05) is 56.6 Å². The van der Waals surface area contributed by atoms with Crippen molar-refractivity contribution in [3.8, 4) is 5.75 Å². The van der Waals surface area contributed by atoms with Crippen LogP contribution in [0.25, 0.3) is 0 Å². The summed E-state index contributed by atoms with van der Waals surface area (Å²) in [6.07, 6.45) is 3.93. The lowest BCUT2D eigenvalue weighted by atomic mass is 10.0. The molecule has 4 atom stereocenters. The van der Waals surface area contributed by atoms with Crippen molar-refractivity contribution in [2.75, 3.05) is 38.1 Å². The summed E-state index contributed by atoms with van der Waals surface area (Å²) in [7, 11) is -4.80. The van der Waals surface area contributed by atoms with Crippen LogP contribution in [-0.4, -0.2) is 98.2 Å². The Hall–Kier alpha value is -3.21. The van der Waals surface area contributed by atoms with Gasteiger partial charge in [0.1, 0.15) is 5.75 Å². The van der Waals surface area contributed by atoms with Gasteiger partial charge in [-0.15, -0.1) is 0 Å². The SMILES string of the molecule is C[C@H]1CCCCO[C@H](CN(C)S(=O)(=O)c2ccc(Cl)cc2)[C@@H](C)CN([C@@H](C)CO)C(=O)c2cc(NS(=O)(=O)c3cn(C)cn3)ccc2O1. The fraction of sp³-hybridized carbons (Fsp3) is 0.500. The number of carbonyl (C=O) groups excluding carboxylic acids is 1. The quantitative estimate of drug-likeness (QED) is 0.333. The monoisotopic (exact) mass is 725 g/mol. The summed E-state index contributed by atoms with van der Waals surface area (Å²) in [5.41, 5.74) is 0.234. The maximum atomic E-state index is 14.3. The number of rotatable bonds is 9. The molecule has 1 aromatic heterocycles. The molecule has 0 unspecified atom stereocenters. The molecule has 16 heteroatoms. The number of ether oxygens (including phenoxy) is 2. The topological polar surface area (TPSA) is 160 Å². The molecule has 0 bridgehead atoms. The Morgan fingerprint density at radius 2 is 1.83 bits per heavy atom. The Kier molecular flexibility index (Phi) is 12.5. The average Bonchev–Trinajstić information content (AvgIpc) is 3.49. The normalized spacial score (nSPS) is 20.9. The fourth-order valence-corrected chi connectivity index (χ4v) is 7.66. The number of carbonyl (C=O) groups is 1. The summed E-state index contributed by atoms with van der Waals surface area (Å²) in [5.74, 6) is -0.611. The fourth-order valence-electron chi connectivity index (χ4n) is 5.32. The number of likely N-dealkylation sites (N-methyl/N-ethyl adjacent to an activating group) is 1. The number of nitrogens with zero attached hydrogens (tertiary/aromatic N) is 4. The predicted octanol–water partition coefficient (Wildman–Crippen LogP) is 3.99. The third kappa shape index (κ3) is 9.27. The van der Waals surface area contributed by atoms with E-state index in [0.29, 0.717) is 24.5 Å². The van der Waals surface area contributed by atoms with E-state index in [0.717, 1.165) is 6.42 Å². The number of aromatic nitrogens is 2. The van der Waals surface area contributed by atoms with Crippen molar-refractivity contribution in [2.24, 2.45) is 13.0 Å². The van der Waals surface area contributed by atoms with Crippen molar-refractivity contribution in [2.45, 2.75) is 68.2 Å². The van der Waals surface area contributed by atoms with Gasteiger partial charge < -0.3 is 24.0 Å². The standard InChI is InChI=1S/C32H44ClN5O8S2/c1-22-17-38(23(2)20-39)32(40)28-16-26(35-47(41,42)31-19-36(4)21-34-31)11-14-29(28)46-24(3)8-6-7-15-45-30(22)18-37(5)48(43,44)27-12-9-25(33)10-13-27/h9-14,16,19,21-24,30,35,39H,6-8,15,17-18,20H2,1-5H3/t22-,23-,24-,30+/m0/s1. The van der Waals surface area contributed by atoms with E-state index in [-0.39, 0.29) is 58.6 Å². The van der Waals surface area contributed by atoms with Crippen LogP contribution in [0, 0.1) is 5.92 Å². The summed E-state index contributed by atoms with van der Waals surface area (Å²) in [4.78, 5) is 19.8. The zero-order valence-electron chi connectivity index (χ0n) is 27.7. The van der Waals surface area contributed by atoms with Gasteiger partial charge in [-0.3, -0.25) is 9.52 Å². The lowest BCUT2D eigenvalue weighted by Crippen LogP contribution is -2.48. The van der Waals surface area contributed by atoms with Crippen LogP contribution >= 0.6 is 11.6 Å². The number of sulfonamides is 2. The van der Waals surface area contributed by atoms with Crippen molar-refractivity contribution in [3.63, 3.8) is 0 Å². The largest absolute Gasteiger partial charge is 0.490 e. The molecule has 0 radical (unpaired) electrons. The Labute approximate surface area is 287 Å². The van der Waals surface area contributed by atoms with Crippen molar-refractivity contribution in [3.05, 3.63) is 65.6 Å². The van der Waals surface area contributed by atoms with Gasteiger partial charge in [-0.25, -0.2) is 13.4 Å². The minimum atomic E-state index is -4.06. The Bertz CT molecular complexity index is 1770. The third-order valence-electron chi connectivity index (χ3n) is 8.22. The zero-order valence-corrected chi connectivity index (χ0v) is 30.1. The first kappa shape index (κ1) is 37.6. The number of amides is 1. The van der Waals surface area contributed by atoms with E-state index in [2.05, 4.69) is 9.71 Å². The number of benzene rings is 2. The number of anilines is 1. The average molecular weight is 726 g/mol. The molecule has 1 amide bonds. The first-order valence-corrected chi connectivity index (χ1v) is 19.0. The molecule has 0 fully saturated rings. The minimum Gasteiger partial charge on any atom is -0.490 e. The van der Waals surface area contributed by atoms with E-state index >= 15 is 0 Å². The number of nitrogens with one attached hydrogen (secondary N) is 1. The van der Waals surface area contributed by atoms with Crippen molar-refractivity contribution < 1.29 is 36.2 Å². The van der Waals surface area contributed by atoms with Gasteiger partial charge in [-0.05, 0) is 75.6 Å². The molecule has 1 aliphatic heterocycles. The van der Waals surface area contributed by atoms with Crippen LogP contribution in [0.5, 0.6) is 5.75 Å². The lowest BCUT2D eigenvalue weighted by Gasteiger charge is -2.35. The van der Waals surface area contributed by atoms with Crippen LogP contribution in [0.1, 0.15) is 50.4 Å². The third-order valence-corrected chi connectivity index (χ3v) is 11.6. The summed E-state index contributed by atoms with van der Waals surface area (Å²) >= 11 is 5.97. The van der Waals surface area contributed by atoms with Gasteiger partial charge in [-0.2, -0.15) is 12.7 Å². The maximum Gasteiger partial charge on any atom is 0.280 e. The van der Waals surface area contributed by atoms with Crippen LogP contribution in [0.15, 0.2) is 64.9 Å². The first-order valence-electron chi connectivity index (χ1n) is 15.7. The maximum absolute atomic E-state index is 14.3. The smallest absolute Gasteiger partial charge is 0.280 e. The van der Waals surface area contributed by atoms with E-state index < -0.39 is 38.1 Å². The second-order valence-electron chi connectivity index (χ2n) is 12.2. The van der Waals surface area contributed by atoms with E-state index in [4.69, 9.17) is 21.1 Å². The summed E-state index contributed by atoms with van der Waals surface area (Å²) in [6.45, 7) is 5.56. The van der Waals surface area contributed by atoms with Gasteiger partial charge in [0.2, 0.25) is 10.0 Å². The molecule has 0 saturated carbocycles. The zero-order chi connectivity index (χ0) is 35.2. The number of aliphatic hydroxyl groups excluding tert-OH is 1. The Morgan fingerprint density at radius 3 is 2.48 bits per heavy atom. The molecule has 1 aliphatic rings. The van der Waals surface area contributed by atoms with Crippen LogP contribution < -0.4 is 9.46 Å². The number of aryl methyl sites for hydroxylation is 1. The molecule has 0 aliphatic carbocycles. The second-order valence-corrected chi connectivity index (χ2v) is 16.3. The summed E-state index contributed by atoms with van der Waals surface area (Å²) in [6, 6.07) is 9.76. The van der Waals surface area contributed by atoms with Crippen LogP contribution in [0.2, 0.25) is 5.02 Å². The highest BCUT2D eigenvalue weighted by molar-refractivity contribution is 7.92. The number of halogens is 1. The number of hydrogen-bond donors (Lipinski definition) is 2. The first-order chi connectivity index (χ1) is 22.6. The molecule has 2 N–H and O–H groups in total. The molecule has 2 aromatic carbocycles. The number of imidazole rings is 1. The summed E-state index contributed by atoms with van der Waals surface area (Å²) < 4.78 is 70.6. The summed E-state index contributed by atoms with van der Waals surface area (Å²) in [5, 5.41) is 10.4. The highest BCUT2D eigenvalue weighted by Crippen LogP contribution is 2.30. The van der Waals surface area contributed by atoms with Gasteiger partial charge >= 0.3 is 0 Å². The molecule has 0 spiro atoms. The molecular weight excluding hydrogens is 682 g/mol. The molecule has 48 heavy (non-hydrogen) atoms. The van der Waals surface area contributed by atoms with Crippen LogP contribution in [0.4, 0.5) is 5.69 Å². The van der Waals surface area contributed by atoms with E-state index in [1.54, 1.807) is 20.0 Å². The highest BCUT2D eigenvalue weighted by atomic mass is 35.5. The molecular formula is C32H44ClN5O8S2. The molecule has 13 nitrogen and oxygen atoms in total. The minimum absolute atomic E-state index is 0.0111. The predicted molar refractivity (Wildman–Crippen MR) is 182 cm³/mol. The second kappa shape index (κ2) is 16.0. The molecule has 0 saturated heterocycles. The van der Waals surface area contributed by atoms with E-state index in [1.807, 2.05) is 13.8 Å². The van der Waals surface area contributed by atoms with Gasteiger partial charge in [-0.1, -0.05) is 18.5 Å². The highest BCUT2D eigenvalue weighted by Gasteiger charge is 2.32. The van der Waals surface area contributed by atoms with Gasteiger partial charge in [0.05, 0.1) is 41.6 Å². The molecule has 3 aromatic rings. The Balaban J connectivity index is 1.67. The lowest BCUT2D eigenvalue weighted by molar-refractivity contribution is -0.00833. The number of aliphatic hydroxyl groups is 1. The van der Waals surface area contributed by atoms with Crippen molar-refractivity contribution >= 4 is 43.2 Å². The molecule has 2 heterocycles. The molecule has 4 rings (SSSR count). The van der Waals surface area contributed by atoms with E-state index in [9.17, 15) is 26.7 Å². The van der Waals surface area contributed by atoms with Crippen molar-refractivity contribution in [1.82, 2.24) is 18.8 Å². The number of fused-ring (bicyclic) bond motifs is 1. The van der Waals surface area contributed by atoms with Crippen LogP contribution in [0.3, 0.4) is 0 Å². The Morgan fingerprint density at radius 1 is 1.12 bits per heavy atom. The van der Waals surface area contributed by atoms with Gasteiger partial charge in [0.25, 0.3) is 15.9 Å². The molecule has 264 valence electrons. The van der Waals surface area contributed by atoms with Crippen LogP contribution in [-0.2, 0) is 31.8 Å². The van der Waals surface area contributed by atoms with E-state index in [1.165, 1.54) is 69.7 Å². The number of hydrogen-bond acceptors (Lipinski definition) is 9. The van der Waals surface area contributed by atoms with Gasteiger partial charge in [0.15, 0.2) is 5.03 Å². The van der Waals surface area contributed by atoms with Crippen molar-refractivity contribution in [1.29, 1.82) is 0 Å².